The molecule has 1 atom stereocenters. The molecular formula is C23H32N4O2. The molecule has 1 unspecified atom stereocenters. The molecular weight excluding hydrogens is 364 g/mol. The van der Waals surface area contributed by atoms with Gasteiger partial charge in [-0.25, -0.2) is 0 Å². The highest BCUT2D eigenvalue weighted by molar-refractivity contribution is 5.98. The van der Waals surface area contributed by atoms with Crippen LogP contribution in [0.4, 0.5) is 0 Å². The van der Waals surface area contributed by atoms with Gasteiger partial charge in [-0.3, -0.25) is 14.5 Å². The van der Waals surface area contributed by atoms with E-state index in [4.69, 9.17) is 0 Å². The fourth-order valence-electron chi connectivity index (χ4n) is 4.75. The molecule has 2 aliphatic rings. The third kappa shape index (κ3) is 4.04. The number of aryl methyl sites for hydroxylation is 1. The van der Waals surface area contributed by atoms with E-state index in [0.29, 0.717) is 25.7 Å². The lowest BCUT2D eigenvalue weighted by Crippen LogP contribution is -2.53. The molecule has 2 saturated heterocycles. The number of carbonyl (C=O) groups excluding carboxylic acids is 2. The molecule has 6 nitrogen and oxygen atoms in total. The molecule has 156 valence electrons. The van der Waals surface area contributed by atoms with Gasteiger partial charge < -0.3 is 14.4 Å². The van der Waals surface area contributed by atoms with Crippen molar-refractivity contribution in [1.82, 2.24) is 19.3 Å². The molecule has 1 aromatic carbocycles. The second-order valence-electron chi connectivity index (χ2n) is 8.33. The molecule has 0 aliphatic carbocycles. The van der Waals surface area contributed by atoms with Gasteiger partial charge in [0.25, 0.3) is 5.91 Å². The Kier molecular flexibility index (Phi) is 5.90. The summed E-state index contributed by atoms with van der Waals surface area (Å²) < 4.78 is 2.10. The predicted molar refractivity (Wildman–Crippen MR) is 115 cm³/mol. The lowest BCUT2D eigenvalue weighted by molar-refractivity contribution is -0.136. The average molecular weight is 397 g/mol. The zero-order chi connectivity index (χ0) is 20.4. The molecule has 2 aliphatic heterocycles. The van der Waals surface area contributed by atoms with Gasteiger partial charge in [0, 0.05) is 56.2 Å². The summed E-state index contributed by atoms with van der Waals surface area (Å²) in [4.78, 5) is 32.1. The highest BCUT2D eigenvalue weighted by Crippen LogP contribution is 2.22. The predicted octanol–water partition coefficient (Wildman–Crippen LogP) is 2.82. The van der Waals surface area contributed by atoms with E-state index in [1.54, 1.807) is 0 Å². The molecule has 0 spiro atoms. The first-order valence-corrected chi connectivity index (χ1v) is 11.0. The number of likely N-dealkylation sites (tertiary alicyclic amines) is 1. The Morgan fingerprint density at radius 3 is 2.52 bits per heavy atom. The van der Waals surface area contributed by atoms with Crippen molar-refractivity contribution in [2.75, 3.05) is 39.3 Å². The second kappa shape index (κ2) is 8.57. The zero-order valence-corrected chi connectivity index (χ0v) is 17.6. The van der Waals surface area contributed by atoms with E-state index in [1.165, 1.54) is 6.42 Å². The number of piperazine rings is 1. The number of benzene rings is 1. The minimum atomic E-state index is 0.0960. The Hall–Kier alpha value is -2.34. The Morgan fingerprint density at radius 2 is 1.79 bits per heavy atom. The van der Waals surface area contributed by atoms with E-state index in [0.717, 1.165) is 55.6 Å². The lowest BCUT2D eigenvalue weighted by Gasteiger charge is -2.38. The Labute approximate surface area is 173 Å². The van der Waals surface area contributed by atoms with Crippen LogP contribution in [-0.4, -0.2) is 76.4 Å². The molecule has 2 amide bonds. The van der Waals surface area contributed by atoms with E-state index in [-0.39, 0.29) is 11.8 Å². The van der Waals surface area contributed by atoms with E-state index in [2.05, 4.69) is 35.4 Å². The summed E-state index contributed by atoms with van der Waals surface area (Å²) in [5.41, 5.74) is 1.87. The van der Waals surface area contributed by atoms with Crippen LogP contribution in [0.5, 0.6) is 0 Å². The van der Waals surface area contributed by atoms with Crippen LogP contribution >= 0.6 is 0 Å². The van der Waals surface area contributed by atoms with E-state index >= 15 is 0 Å². The first-order valence-electron chi connectivity index (χ1n) is 11.0. The number of hydrogen-bond acceptors (Lipinski definition) is 3. The molecule has 1 aromatic heterocycles. The fourth-order valence-corrected chi connectivity index (χ4v) is 4.75. The highest BCUT2D eigenvalue weighted by Gasteiger charge is 2.28. The van der Waals surface area contributed by atoms with Gasteiger partial charge in [0.15, 0.2) is 0 Å². The average Bonchev–Trinajstić information content (AvgIpc) is 3.12. The van der Waals surface area contributed by atoms with Crippen molar-refractivity contribution in [3.63, 3.8) is 0 Å². The van der Waals surface area contributed by atoms with Crippen molar-refractivity contribution in [2.24, 2.45) is 0 Å². The molecule has 3 heterocycles. The summed E-state index contributed by atoms with van der Waals surface area (Å²) in [5.74, 6) is 0.335. The summed E-state index contributed by atoms with van der Waals surface area (Å²) >= 11 is 0. The van der Waals surface area contributed by atoms with Crippen molar-refractivity contribution in [2.45, 2.75) is 45.7 Å². The number of nitrogens with zero attached hydrogens (tertiary/aromatic N) is 4. The van der Waals surface area contributed by atoms with Gasteiger partial charge in [-0.1, -0.05) is 18.2 Å². The molecule has 0 saturated carbocycles. The third-order valence-corrected chi connectivity index (χ3v) is 6.49. The van der Waals surface area contributed by atoms with E-state index in [1.807, 2.05) is 28.0 Å². The summed E-state index contributed by atoms with van der Waals surface area (Å²) in [6.07, 6.45) is 3.45. The van der Waals surface area contributed by atoms with E-state index in [9.17, 15) is 9.59 Å². The van der Waals surface area contributed by atoms with E-state index < -0.39 is 0 Å². The SMILES string of the molecule is CCn1c(C(=O)N2CCN(CC(=O)N3CCCCC3C)CC2)cc2ccccc21. The van der Waals surface area contributed by atoms with Crippen molar-refractivity contribution < 1.29 is 9.59 Å². The molecule has 0 radical (unpaired) electrons. The monoisotopic (exact) mass is 396 g/mol. The van der Waals surface area contributed by atoms with Gasteiger partial charge in [0.1, 0.15) is 5.69 Å². The van der Waals surface area contributed by atoms with Crippen molar-refractivity contribution in [1.29, 1.82) is 0 Å². The maximum atomic E-state index is 13.2. The van der Waals surface area contributed by atoms with Crippen LogP contribution in [0.15, 0.2) is 30.3 Å². The number of aromatic nitrogens is 1. The standard InChI is InChI=1S/C23H32N4O2/c1-3-26-20-10-5-4-9-19(20)16-21(26)23(29)25-14-12-24(13-15-25)17-22(28)27-11-7-6-8-18(27)2/h4-5,9-10,16,18H,3,6-8,11-15,17H2,1-2H3. The van der Waals surface area contributed by atoms with Crippen LogP contribution < -0.4 is 0 Å². The molecule has 0 N–H and O–H groups in total. The van der Waals surface area contributed by atoms with Crippen molar-refractivity contribution in [3.8, 4) is 0 Å². The normalized spacial score (nSPS) is 21.0. The first kappa shape index (κ1) is 20.0. The number of fused-ring (bicyclic) bond motifs is 1. The smallest absolute Gasteiger partial charge is 0.270 e. The van der Waals surface area contributed by atoms with Gasteiger partial charge in [-0.2, -0.15) is 0 Å². The number of carbonyl (C=O) groups is 2. The quantitative estimate of drug-likeness (QED) is 0.799. The summed E-state index contributed by atoms with van der Waals surface area (Å²) in [7, 11) is 0. The second-order valence-corrected chi connectivity index (χ2v) is 8.33. The molecule has 4 rings (SSSR count). The third-order valence-electron chi connectivity index (χ3n) is 6.49. The maximum absolute atomic E-state index is 13.2. The van der Waals surface area contributed by atoms with Gasteiger partial charge in [0.05, 0.1) is 6.54 Å². The number of hydrogen-bond donors (Lipinski definition) is 0. The maximum Gasteiger partial charge on any atom is 0.270 e. The zero-order valence-electron chi connectivity index (χ0n) is 17.6. The molecule has 2 fully saturated rings. The van der Waals surface area contributed by atoms with Gasteiger partial charge in [-0.15, -0.1) is 0 Å². The van der Waals surface area contributed by atoms with Crippen LogP contribution in [0.2, 0.25) is 0 Å². The lowest BCUT2D eigenvalue weighted by atomic mass is 10.0. The van der Waals surface area contributed by atoms with Crippen molar-refractivity contribution >= 4 is 22.7 Å². The van der Waals surface area contributed by atoms with Gasteiger partial charge in [0.2, 0.25) is 5.91 Å². The Morgan fingerprint density at radius 1 is 1.03 bits per heavy atom. The molecule has 0 bridgehead atoms. The highest BCUT2D eigenvalue weighted by atomic mass is 16.2. The van der Waals surface area contributed by atoms with Crippen LogP contribution in [0, 0.1) is 0 Å². The Balaban J connectivity index is 1.37. The number of rotatable bonds is 4. The van der Waals surface area contributed by atoms with Gasteiger partial charge in [-0.05, 0) is 45.2 Å². The van der Waals surface area contributed by atoms with Gasteiger partial charge >= 0.3 is 0 Å². The van der Waals surface area contributed by atoms with Crippen LogP contribution in [-0.2, 0) is 11.3 Å². The number of para-hydroxylation sites is 1. The number of piperidine rings is 1. The Bertz CT molecular complexity index is 882. The molecule has 2 aromatic rings. The fraction of sp³-hybridized carbons (Fsp3) is 0.565. The number of amides is 2. The largest absolute Gasteiger partial charge is 0.339 e. The van der Waals surface area contributed by atoms with Crippen LogP contribution in [0.3, 0.4) is 0 Å². The molecule has 6 heteroatoms. The first-order chi connectivity index (χ1) is 14.1. The summed E-state index contributed by atoms with van der Waals surface area (Å²) in [5, 5.41) is 1.11. The summed E-state index contributed by atoms with van der Waals surface area (Å²) in [6, 6.07) is 10.5. The molecule has 29 heavy (non-hydrogen) atoms. The van der Waals surface area contributed by atoms with Crippen LogP contribution in [0.1, 0.15) is 43.6 Å². The van der Waals surface area contributed by atoms with Crippen LogP contribution in [0.25, 0.3) is 10.9 Å². The summed E-state index contributed by atoms with van der Waals surface area (Å²) in [6.45, 7) is 9.23. The minimum Gasteiger partial charge on any atom is -0.339 e. The minimum absolute atomic E-state index is 0.0960. The topological polar surface area (TPSA) is 48.8 Å². The van der Waals surface area contributed by atoms with Crippen molar-refractivity contribution in [3.05, 3.63) is 36.0 Å².